The highest BCUT2D eigenvalue weighted by Crippen LogP contribution is 2.23. The molecule has 0 radical (unpaired) electrons. The summed E-state index contributed by atoms with van der Waals surface area (Å²) in [5.41, 5.74) is 0.414. The van der Waals surface area contributed by atoms with Crippen molar-refractivity contribution in [1.82, 2.24) is 0 Å². The van der Waals surface area contributed by atoms with Gasteiger partial charge in [-0.3, -0.25) is 4.79 Å². The summed E-state index contributed by atoms with van der Waals surface area (Å²) in [7, 11) is 0. The number of carbonyl (C=O) groups is 1. The van der Waals surface area contributed by atoms with E-state index in [1.807, 2.05) is 0 Å². The van der Waals surface area contributed by atoms with Crippen LogP contribution in [-0.4, -0.2) is 12.5 Å². The molecule has 2 nitrogen and oxygen atoms in total. The Hall–Kier alpha value is -1.38. The van der Waals surface area contributed by atoms with Crippen molar-refractivity contribution in [2.24, 2.45) is 0 Å². The van der Waals surface area contributed by atoms with E-state index in [1.165, 1.54) is 6.07 Å². The van der Waals surface area contributed by atoms with Gasteiger partial charge in [0.15, 0.2) is 0 Å². The molecule has 14 heavy (non-hydrogen) atoms. The van der Waals surface area contributed by atoms with Crippen LogP contribution in [0.2, 0.25) is 0 Å². The average Bonchev–Trinajstić information content (AvgIpc) is 2.20. The van der Waals surface area contributed by atoms with E-state index in [9.17, 15) is 9.18 Å². The highest BCUT2D eigenvalue weighted by atomic mass is 19.1. The fraction of sp³-hybridized carbons (Fsp3) is 0.364. The minimum atomic E-state index is -0.317. The Labute approximate surface area is 82.3 Å². The molecule has 1 aliphatic rings. The molecule has 0 bridgehead atoms. The van der Waals surface area contributed by atoms with Crippen LogP contribution in [0.1, 0.15) is 19.3 Å². The van der Waals surface area contributed by atoms with E-state index < -0.39 is 0 Å². The molecule has 1 heterocycles. The summed E-state index contributed by atoms with van der Waals surface area (Å²) in [5, 5.41) is 0. The molecule has 1 aliphatic heterocycles. The fourth-order valence-corrected chi connectivity index (χ4v) is 1.73. The minimum Gasteiger partial charge on any atom is -0.310 e. The molecule has 1 saturated heterocycles. The SMILES string of the molecule is O=C1CCCCN1c1ccccc1F. The number of nitrogens with zero attached hydrogens (tertiary/aromatic N) is 1. The zero-order valence-electron chi connectivity index (χ0n) is 7.87. The zero-order valence-corrected chi connectivity index (χ0v) is 7.87. The number of carbonyl (C=O) groups excluding carboxylic acids is 1. The van der Waals surface area contributed by atoms with Gasteiger partial charge in [-0.1, -0.05) is 12.1 Å². The van der Waals surface area contributed by atoms with E-state index in [0.717, 1.165) is 12.8 Å². The van der Waals surface area contributed by atoms with Crippen LogP contribution >= 0.6 is 0 Å². The summed E-state index contributed by atoms with van der Waals surface area (Å²) in [4.78, 5) is 13.0. The van der Waals surface area contributed by atoms with E-state index in [2.05, 4.69) is 0 Å². The average molecular weight is 193 g/mol. The maximum atomic E-state index is 13.4. The largest absolute Gasteiger partial charge is 0.310 e. The van der Waals surface area contributed by atoms with Crippen molar-refractivity contribution in [2.75, 3.05) is 11.4 Å². The maximum Gasteiger partial charge on any atom is 0.227 e. The Kier molecular flexibility index (Phi) is 2.48. The van der Waals surface area contributed by atoms with Gasteiger partial charge in [0.2, 0.25) is 5.91 Å². The topological polar surface area (TPSA) is 20.3 Å². The highest BCUT2D eigenvalue weighted by molar-refractivity contribution is 5.94. The zero-order chi connectivity index (χ0) is 9.97. The molecule has 0 atom stereocenters. The number of hydrogen-bond donors (Lipinski definition) is 0. The number of amides is 1. The third kappa shape index (κ3) is 1.62. The second-order valence-corrected chi connectivity index (χ2v) is 3.45. The summed E-state index contributed by atoms with van der Waals surface area (Å²) >= 11 is 0. The molecule has 0 unspecified atom stereocenters. The smallest absolute Gasteiger partial charge is 0.227 e. The second kappa shape index (κ2) is 3.78. The molecule has 0 spiro atoms. The van der Waals surface area contributed by atoms with Gasteiger partial charge in [0.05, 0.1) is 5.69 Å². The van der Waals surface area contributed by atoms with E-state index in [4.69, 9.17) is 0 Å². The molecule has 1 amide bonds. The molecule has 0 N–H and O–H groups in total. The molecule has 1 aromatic carbocycles. The van der Waals surface area contributed by atoms with Crippen LogP contribution < -0.4 is 4.90 Å². The third-order valence-electron chi connectivity index (χ3n) is 2.47. The summed E-state index contributed by atoms with van der Waals surface area (Å²) in [6.45, 7) is 0.639. The lowest BCUT2D eigenvalue weighted by Crippen LogP contribution is -2.35. The van der Waals surface area contributed by atoms with Crippen LogP contribution in [0, 0.1) is 5.82 Å². The van der Waals surface area contributed by atoms with Gasteiger partial charge < -0.3 is 4.90 Å². The summed E-state index contributed by atoms with van der Waals surface area (Å²) in [6.07, 6.45) is 2.41. The van der Waals surface area contributed by atoms with Crippen molar-refractivity contribution in [3.05, 3.63) is 30.1 Å². The number of halogens is 1. The molecule has 0 aliphatic carbocycles. The first-order chi connectivity index (χ1) is 6.79. The predicted octanol–water partition coefficient (Wildman–Crippen LogP) is 2.34. The van der Waals surface area contributed by atoms with Gasteiger partial charge in [-0.25, -0.2) is 4.39 Å². The van der Waals surface area contributed by atoms with Crippen LogP contribution in [0.4, 0.5) is 10.1 Å². The first-order valence-electron chi connectivity index (χ1n) is 4.84. The number of para-hydroxylation sites is 1. The van der Waals surface area contributed by atoms with Gasteiger partial charge in [0.25, 0.3) is 0 Å². The molecule has 0 saturated carbocycles. The van der Waals surface area contributed by atoms with Gasteiger partial charge in [-0.2, -0.15) is 0 Å². The maximum absolute atomic E-state index is 13.4. The predicted molar refractivity (Wildman–Crippen MR) is 52.6 cm³/mol. The Morgan fingerprint density at radius 2 is 2.00 bits per heavy atom. The monoisotopic (exact) mass is 193 g/mol. The molecule has 3 heteroatoms. The fourth-order valence-electron chi connectivity index (χ4n) is 1.73. The lowest BCUT2D eigenvalue weighted by molar-refractivity contribution is -0.119. The van der Waals surface area contributed by atoms with E-state index in [-0.39, 0.29) is 11.7 Å². The van der Waals surface area contributed by atoms with Gasteiger partial charge in [0, 0.05) is 13.0 Å². The van der Waals surface area contributed by atoms with Crippen LogP contribution in [0.5, 0.6) is 0 Å². The van der Waals surface area contributed by atoms with Gasteiger partial charge in [0.1, 0.15) is 5.82 Å². The Balaban J connectivity index is 2.29. The molecule has 1 fully saturated rings. The number of anilines is 1. The number of hydrogen-bond acceptors (Lipinski definition) is 1. The molecule has 0 aromatic heterocycles. The van der Waals surface area contributed by atoms with E-state index in [1.54, 1.807) is 23.1 Å². The number of piperidine rings is 1. The molecular weight excluding hydrogens is 181 g/mol. The van der Waals surface area contributed by atoms with Crippen LogP contribution in [0.3, 0.4) is 0 Å². The minimum absolute atomic E-state index is 0.0290. The number of benzene rings is 1. The van der Waals surface area contributed by atoms with Crippen LogP contribution in [0.15, 0.2) is 24.3 Å². The summed E-state index contributed by atoms with van der Waals surface area (Å²) in [6, 6.07) is 6.42. The first kappa shape index (κ1) is 9.19. The Morgan fingerprint density at radius 1 is 1.21 bits per heavy atom. The van der Waals surface area contributed by atoms with Crippen molar-refractivity contribution in [3.63, 3.8) is 0 Å². The van der Waals surface area contributed by atoms with Gasteiger partial charge >= 0.3 is 0 Å². The van der Waals surface area contributed by atoms with Crippen molar-refractivity contribution < 1.29 is 9.18 Å². The lowest BCUT2D eigenvalue weighted by Gasteiger charge is -2.26. The summed E-state index contributed by atoms with van der Waals surface area (Å²) in [5.74, 6) is -0.288. The second-order valence-electron chi connectivity index (χ2n) is 3.45. The number of rotatable bonds is 1. The van der Waals surface area contributed by atoms with Crippen molar-refractivity contribution in [3.8, 4) is 0 Å². The van der Waals surface area contributed by atoms with Crippen molar-refractivity contribution >= 4 is 11.6 Å². The third-order valence-corrected chi connectivity index (χ3v) is 2.47. The molecule has 2 rings (SSSR count). The van der Waals surface area contributed by atoms with E-state index in [0.29, 0.717) is 18.7 Å². The van der Waals surface area contributed by atoms with Gasteiger partial charge in [-0.15, -0.1) is 0 Å². The Morgan fingerprint density at radius 3 is 2.71 bits per heavy atom. The van der Waals surface area contributed by atoms with E-state index >= 15 is 0 Å². The van der Waals surface area contributed by atoms with Crippen LogP contribution in [0.25, 0.3) is 0 Å². The standard InChI is InChI=1S/C11H12FNO/c12-9-5-1-2-6-10(9)13-8-4-3-7-11(13)14/h1-2,5-6H,3-4,7-8H2. The first-order valence-corrected chi connectivity index (χ1v) is 4.84. The van der Waals surface area contributed by atoms with Gasteiger partial charge in [-0.05, 0) is 25.0 Å². The summed E-state index contributed by atoms with van der Waals surface area (Å²) < 4.78 is 13.4. The lowest BCUT2D eigenvalue weighted by atomic mass is 10.1. The van der Waals surface area contributed by atoms with Crippen LogP contribution in [-0.2, 0) is 4.79 Å². The highest BCUT2D eigenvalue weighted by Gasteiger charge is 2.21. The molecule has 74 valence electrons. The Bertz CT molecular complexity index is 351. The molecule has 1 aromatic rings. The van der Waals surface area contributed by atoms with Crippen molar-refractivity contribution in [1.29, 1.82) is 0 Å². The normalized spacial score (nSPS) is 17.2. The van der Waals surface area contributed by atoms with Crippen molar-refractivity contribution in [2.45, 2.75) is 19.3 Å². The quantitative estimate of drug-likeness (QED) is 0.670. The molecular formula is C11H12FNO.